The number of rotatable bonds is 7. The maximum absolute atomic E-state index is 5.22. The Labute approximate surface area is 270 Å². The molecule has 0 spiro atoms. The Morgan fingerprint density at radius 1 is 0.786 bits per heavy atom. The Bertz CT molecular complexity index is 1310. The molecule has 0 radical (unpaired) electrons. The van der Waals surface area contributed by atoms with Crippen LogP contribution in [0.3, 0.4) is 0 Å². The van der Waals surface area contributed by atoms with E-state index < -0.39 is 19.5 Å². The van der Waals surface area contributed by atoms with Crippen LogP contribution in [-0.4, -0.2) is 12.4 Å². The maximum atomic E-state index is 5.22. The van der Waals surface area contributed by atoms with E-state index >= 15 is 0 Å². The molecule has 1 fully saturated rings. The van der Waals surface area contributed by atoms with E-state index in [1.54, 1.807) is 0 Å². The molecule has 3 nitrogen and oxygen atoms in total. The summed E-state index contributed by atoms with van der Waals surface area (Å²) in [5, 5.41) is 2.69. The Morgan fingerprint density at radius 2 is 1.29 bits per heavy atom. The van der Waals surface area contributed by atoms with E-state index in [1.807, 2.05) is 6.61 Å². The van der Waals surface area contributed by atoms with E-state index in [0.29, 0.717) is 0 Å². The minimum atomic E-state index is -1.62. The van der Waals surface area contributed by atoms with Crippen LogP contribution in [0, 0.1) is 6.61 Å². The van der Waals surface area contributed by atoms with Crippen LogP contribution in [-0.2, 0) is 29.0 Å². The van der Waals surface area contributed by atoms with Crippen molar-refractivity contribution in [2.24, 2.45) is 4.99 Å². The van der Waals surface area contributed by atoms with Crippen molar-refractivity contribution in [3.63, 3.8) is 0 Å². The first kappa shape index (κ1) is 34.6. The van der Waals surface area contributed by atoms with Crippen LogP contribution in [0.1, 0.15) is 44.7 Å². The van der Waals surface area contributed by atoms with E-state index in [4.69, 9.17) is 39.9 Å². The Morgan fingerprint density at radius 3 is 1.76 bits per heavy atom. The van der Waals surface area contributed by atoms with Crippen LogP contribution in [0.4, 0.5) is 11.4 Å². The molecule has 0 bridgehead atoms. The molecule has 1 aliphatic rings. The third-order valence-corrected chi connectivity index (χ3v) is 9.38. The number of anilines is 1. The SMILES string of the molecule is CCc1ccccc1N=C(C)N(c1ccccc1CC)[PH+](c1ccccc1)c1ccccc1.[CH-]1CCCO1.[Cl][Cr+]([Cl])[Cl]. The summed E-state index contributed by atoms with van der Waals surface area (Å²) in [6, 6.07) is 39.1. The predicted octanol–water partition coefficient (Wildman–Crippen LogP) is 10.2. The van der Waals surface area contributed by atoms with E-state index in [0.717, 1.165) is 37.4 Å². The number of ether oxygens (including phenoxy) is 1. The second kappa shape index (κ2) is 19.4. The number of amidine groups is 1. The average Bonchev–Trinajstić information content (AvgIpc) is 3.61. The molecule has 8 heteroatoms. The molecule has 0 amide bonds. The van der Waals surface area contributed by atoms with Crippen LogP contribution >= 0.6 is 38.2 Å². The molecule has 0 aliphatic carbocycles. The van der Waals surface area contributed by atoms with E-state index in [-0.39, 0.29) is 0 Å². The molecule has 222 valence electrons. The van der Waals surface area contributed by atoms with Gasteiger partial charge in [-0.15, -0.1) is 0 Å². The van der Waals surface area contributed by atoms with Crippen LogP contribution in [0.25, 0.3) is 0 Å². The standard InChI is InChI=1S/C30H31N2P.C4H7O.3ClH.Cr/c1-4-25-16-12-14-22-29(25)31-24(3)32(30-23-15-13-17-26(30)5-2)33(27-18-8-6-9-19-27)28-20-10-7-11-21-28;1-2-4-5-3-1;;;;/h6-23H,4-5H2,1-3H3;3H,1-2,4H2;3*1H;/q;-1;;;;+4/p-2. The number of hydrogen-bond acceptors (Lipinski definition) is 2. The number of halogens is 3. The molecule has 4 aromatic rings. The van der Waals surface area contributed by atoms with Crippen LogP contribution in [0.2, 0.25) is 0 Å². The first-order valence-corrected chi connectivity index (χ1v) is 20.8. The average molecular weight is 681 g/mol. The van der Waals surface area contributed by atoms with Gasteiger partial charge in [-0.05, 0) is 67.3 Å². The summed E-state index contributed by atoms with van der Waals surface area (Å²) >= 11 is -1.62. The molecule has 0 saturated carbocycles. The van der Waals surface area contributed by atoms with Gasteiger partial charge in [-0.25, -0.2) is 11.6 Å². The first-order valence-electron chi connectivity index (χ1n) is 14.1. The quantitative estimate of drug-likeness (QED) is 0.0840. The van der Waals surface area contributed by atoms with E-state index in [9.17, 15) is 0 Å². The van der Waals surface area contributed by atoms with Gasteiger partial charge in [-0.1, -0.05) is 93.1 Å². The van der Waals surface area contributed by atoms with Crippen molar-refractivity contribution >= 4 is 66.0 Å². The Hall–Kier alpha value is -1.86. The first-order chi connectivity index (χ1) is 20.5. The van der Waals surface area contributed by atoms with Gasteiger partial charge in [0, 0.05) is 6.61 Å². The van der Waals surface area contributed by atoms with Crippen LogP contribution in [0.15, 0.2) is 114 Å². The molecular formula is C34H39Cl3CrN2OP+. The summed E-state index contributed by atoms with van der Waals surface area (Å²) in [5.74, 6) is 1.03. The van der Waals surface area contributed by atoms with E-state index in [1.165, 1.54) is 33.8 Å². The van der Waals surface area contributed by atoms with Gasteiger partial charge >= 0.3 is 41.5 Å². The fourth-order valence-electron chi connectivity index (χ4n) is 4.66. The molecule has 1 heterocycles. The van der Waals surface area contributed by atoms with Crippen LogP contribution in [0.5, 0.6) is 0 Å². The fraction of sp³-hybridized carbons (Fsp3) is 0.235. The van der Waals surface area contributed by atoms with Crippen molar-refractivity contribution in [2.45, 2.75) is 46.5 Å². The number of aliphatic imine (C=N–C) groups is 1. The van der Waals surface area contributed by atoms with Gasteiger partial charge in [0.15, 0.2) is 8.07 Å². The monoisotopic (exact) mass is 679 g/mol. The third kappa shape index (κ3) is 11.0. The number of nitrogens with zero attached hydrogens (tertiary/aromatic N) is 2. The van der Waals surface area contributed by atoms with Crippen molar-refractivity contribution in [1.82, 2.24) is 0 Å². The fourth-order valence-corrected chi connectivity index (χ4v) is 7.36. The normalized spacial score (nSPS) is 12.8. The second-order valence-electron chi connectivity index (χ2n) is 9.39. The summed E-state index contributed by atoms with van der Waals surface area (Å²) < 4.78 is 7.33. The van der Waals surface area contributed by atoms with Gasteiger partial charge in [0.2, 0.25) is 0 Å². The van der Waals surface area contributed by atoms with Crippen molar-refractivity contribution in [3.8, 4) is 0 Å². The second-order valence-corrected chi connectivity index (χ2v) is 18.0. The van der Waals surface area contributed by atoms with Crippen molar-refractivity contribution < 1.29 is 16.1 Å². The molecule has 0 atom stereocenters. The number of hydrogen-bond donors (Lipinski definition) is 0. The summed E-state index contributed by atoms with van der Waals surface area (Å²) in [4.78, 5) is 5.22. The Kier molecular flexibility index (Phi) is 16.0. The molecule has 0 aromatic heterocycles. The summed E-state index contributed by atoms with van der Waals surface area (Å²) in [6.07, 6.45) is 4.32. The van der Waals surface area contributed by atoms with Gasteiger partial charge < -0.3 is 4.74 Å². The number of benzene rings is 4. The van der Waals surface area contributed by atoms with Gasteiger partial charge in [0.25, 0.3) is 0 Å². The van der Waals surface area contributed by atoms with Crippen molar-refractivity contribution in [2.75, 3.05) is 11.3 Å². The van der Waals surface area contributed by atoms with E-state index in [2.05, 4.69) is 135 Å². The third-order valence-electron chi connectivity index (χ3n) is 6.61. The summed E-state index contributed by atoms with van der Waals surface area (Å²) in [7, 11) is 13.4. The molecule has 5 rings (SSSR count). The molecule has 0 N–H and O–H groups in total. The van der Waals surface area contributed by atoms with Gasteiger partial charge in [0.05, 0.1) is 11.4 Å². The zero-order valence-electron chi connectivity index (χ0n) is 24.4. The summed E-state index contributed by atoms with van der Waals surface area (Å²) in [6.45, 7) is 9.39. The number of para-hydroxylation sites is 2. The predicted molar refractivity (Wildman–Crippen MR) is 184 cm³/mol. The molecule has 1 aliphatic heterocycles. The van der Waals surface area contributed by atoms with Gasteiger partial charge in [-0.2, -0.15) is 11.1 Å². The molecular weight excluding hydrogens is 642 g/mol. The Balaban J connectivity index is 0.000000464. The minimum absolute atomic E-state index is 0.944. The van der Waals surface area contributed by atoms with Gasteiger partial charge in [0.1, 0.15) is 16.4 Å². The van der Waals surface area contributed by atoms with Crippen LogP contribution < -0.4 is 15.3 Å². The van der Waals surface area contributed by atoms with Crippen molar-refractivity contribution in [1.29, 1.82) is 0 Å². The molecule has 0 unspecified atom stereocenters. The van der Waals surface area contributed by atoms with Crippen molar-refractivity contribution in [3.05, 3.63) is 127 Å². The number of aryl methyl sites for hydroxylation is 2. The molecule has 4 aromatic carbocycles. The molecule has 1 saturated heterocycles. The zero-order chi connectivity index (χ0) is 30.2. The molecule has 42 heavy (non-hydrogen) atoms. The van der Waals surface area contributed by atoms with Gasteiger partial charge in [-0.3, -0.25) is 0 Å². The topological polar surface area (TPSA) is 24.8 Å². The zero-order valence-corrected chi connectivity index (χ0v) is 28.9. The summed E-state index contributed by atoms with van der Waals surface area (Å²) in [5.41, 5.74) is 4.91.